The van der Waals surface area contributed by atoms with Crippen molar-refractivity contribution in [1.82, 2.24) is 9.78 Å². The Morgan fingerprint density at radius 3 is 2.19 bits per heavy atom. The number of rotatable bonds is 8. The average molecular weight is 390 g/mol. The molecule has 0 aliphatic heterocycles. The van der Waals surface area contributed by atoms with E-state index in [4.69, 9.17) is 0 Å². The quantitative estimate of drug-likeness (QED) is 0.637. The van der Waals surface area contributed by atoms with Crippen LogP contribution in [0.25, 0.3) is 0 Å². The van der Waals surface area contributed by atoms with E-state index in [-0.39, 0.29) is 23.3 Å². The minimum absolute atomic E-state index is 0.0921. The van der Waals surface area contributed by atoms with Gasteiger partial charge < -0.3 is 15.7 Å². The summed E-state index contributed by atoms with van der Waals surface area (Å²) in [6, 6.07) is 7.45. The maximum absolute atomic E-state index is 12.0. The summed E-state index contributed by atoms with van der Waals surface area (Å²) >= 11 is 1.18. The molecule has 0 aliphatic rings. The molecule has 0 unspecified atom stereocenters. The molecule has 27 heavy (non-hydrogen) atoms. The number of carbonyl (C=O) groups excluding carboxylic acids is 2. The van der Waals surface area contributed by atoms with Gasteiger partial charge in [-0.1, -0.05) is 17.7 Å². The first kappa shape index (κ1) is 20.5. The minimum atomic E-state index is -1.22. The van der Waals surface area contributed by atoms with Crippen molar-refractivity contribution >= 4 is 40.9 Å². The lowest BCUT2D eigenvalue weighted by Gasteiger charge is -2.19. The van der Waals surface area contributed by atoms with Gasteiger partial charge in [-0.05, 0) is 32.9 Å². The van der Waals surface area contributed by atoms with Gasteiger partial charge in [0, 0.05) is 11.9 Å². The second-order valence-electron chi connectivity index (χ2n) is 6.49. The number of aliphatic carboxylic acids is 1. The average Bonchev–Trinajstić information content (AvgIpc) is 3.06. The summed E-state index contributed by atoms with van der Waals surface area (Å²) in [6.45, 7) is 4.99. The molecule has 144 valence electrons. The Morgan fingerprint density at radius 2 is 1.63 bits per heavy atom. The number of anilines is 2. The Balaban J connectivity index is 1.76. The van der Waals surface area contributed by atoms with Gasteiger partial charge in [0.25, 0.3) is 0 Å². The molecule has 1 heterocycles. The fourth-order valence-corrected chi connectivity index (χ4v) is 2.68. The number of aryl methyl sites for hydroxylation is 1. The van der Waals surface area contributed by atoms with Crippen molar-refractivity contribution in [3.8, 4) is 0 Å². The Labute approximate surface area is 161 Å². The van der Waals surface area contributed by atoms with E-state index in [2.05, 4.69) is 15.7 Å². The van der Waals surface area contributed by atoms with Gasteiger partial charge in [-0.25, -0.2) is 4.79 Å². The fourth-order valence-electron chi connectivity index (χ4n) is 2.06. The van der Waals surface area contributed by atoms with Crippen LogP contribution in [0, 0.1) is 6.92 Å². The summed E-state index contributed by atoms with van der Waals surface area (Å²) in [7, 11) is 0. The van der Waals surface area contributed by atoms with Gasteiger partial charge in [0.1, 0.15) is 0 Å². The Morgan fingerprint density at radius 1 is 1.07 bits per heavy atom. The molecule has 0 aliphatic carbocycles. The van der Waals surface area contributed by atoms with Gasteiger partial charge in [0.15, 0.2) is 5.54 Å². The number of amides is 2. The molecule has 1 aromatic heterocycles. The van der Waals surface area contributed by atoms with Gasteiger partial charge >= 0.3 is 5.97 Å². The number of hydrogen-bond acceptors (Lipinski definition) is 5. The number of aromatic nitrogens is 2. The predicted octanol–water partition coefficient (Wildman–Crippen LogP) is 2.32. The van der Waals surface area contributed by atoms with Gasteiger partial charge in [0.2, 0.25) is 11.8 Å². The summed E-state index contributed by atoms with van der Waals surface area (Å²) < 4.78 is 1.27. The molecule has 3 N–H and O–H groups in total. The maximum atomic E-state index is 12.0. The summed E-state index contributed by atoms with van der Waals surface area (Å²) in [5.41, 5.74) is 1.00. The monoisotopic (exact) mass is 390 g/mol. The summed E-state index contributed by atoms with van der Waals surface area (Å²) in [5, 5.41) is 18.6. The standard InChI is InChI=1S/C18H22N4O4S/c1-12-4-6-13(7-5-12)20-15(23)10-27-11-16(24)21-14-8-19-22(9-14)18(2,3)17(25)26/h4-9H,10-11H2,1-3H3,(H,20,23)(H,21,24)(H,25,26). The van der Waals surface area contributed by atoms with E-state index in [1.165, 1.54) is 42.7 Å². The summed E-state index contributed by atoms with van der Waals surface area (Å²) in [4.78, 5) is 35.1. The van der Waals surface area contributed by atoms with Crippen LogP contribution in [0.4, 0.5) is 11.4 Å². The summed E-state index contributed by atoms with van der Waals surface area (Å²) in [6.07, 6.45) is 2.85. The van der Waals surface area contributed by atoms with Crippen molar-refractivity contribution < 1.29 is 19.5 Å². The molecule has 2 amide bonds. The highest BCUT2D eigenvalue weighted by atomic mass is 32.2. The number of hydrogen-bond donors (Lipinski definition) is 3. The van der Waals surface area contributed by atoms with Crippen LogP contribution in [0.1, 0.15) is 19.4 Å². The van der Waals surface area contributed by atoms with Crippen molar-refractivity contribution in [2.24, 2.45) is 0 Å². The zero-order valence-electron chi connectivity index (χ0n) is 15.4. The molecule has 8 nitrogen and oxygen atoms in total. The van der Waals surface area contributed by atoms with Crippen LogP contribution in [0.2, 0.25) is 0 Å². The van der Waals surface area contributed by atoms with Crippen LogP contribution in [0.5, 0.6) is 0 Å². The van der Waals surface area contributed by atoms with Crippen molar-refractivity contribution in [1.29, 1.82) is 0 Å². The molecule has 1 aromatic carbocycles. The fraction of sp³-hybridized carbons (Fsp3) is 0.333. The molecule has 0 spiro atoms. The molecule has 0 radical (unpaired) electrons. The number of thioether (sulfide) groups is 1. The Hall–Kier alpha value is -2.81. The SMILES string of the molecule is Cc1ccc(NC(=O)CSCC(=O)Nc2cnn(C(C)(C)C(=O)O)c2)cc1. The van der Waals surface area contributed by atoms with Gasteiger partial charge in [0.05, 0.1) is 23.4 Å². The molecule has 0 bridgehead atoms. The predicted molar refractivity (Wildman–Crippen MR) is 105 cm³/mol. The third-order valence-corrected chi connectivity index (χ3v) is 4.70. The van der Waals surface area contributed by atoms with Crippen molar-refractivity contribution in [2.45, 2.75) is 26.3 Å². The van der Waals surface area contributed by atoms with Crippen LogP contribution in [0.15, 0.2) is 36.7 Å². The van der Waals surface area contributed by atoms with E-state index < -0.39 is 11.5 Å². The van der Waals surface area contributed by atoms with Gasteiger partial charge in [-0.2, -0.15) is 5.10 Å². The molecular formula is C18H22N4O4S. The largest absolute Gasteiger partial charge is 0.479 e. The maximum Gasteiger partial charge on any atom is 0.331 e. The normalized spacial score (nSPS) is 11.1. The van der Waals surface area contributed by atoms with E-state index in [1.807, 2.05) is 31.2 Å². The van der Waals surface area contributed by atoms with Crippen LogP contribution >= 0.6 is 11.8 Å². The van der Waals surface area contributed by atoms with E-state index in [1.54, 1.807) is 0 Å². The minimum Gasteiger partial charge on any atom is -0.479 e. The lowest BCUT2D eigenvalue weighted by atomic mass is 10.1. The van der Waals surface area contributed by atoms with Crippen LogP contribution < -0.4 is 10.6 Å². The van der Waals surface area contributed by atoms with Gasteiger partial charge in [-0.3, -0.25) is 14.3 Å². The number of carboxylic acids is 1. The van der Waals surface area contributed by atoms with Crippen LogP contribution in [0.3, 0.4) is 0 Å². The highest BCUT2D eigenvalue weighted by Gasteiger charge is 2.30. The second-order valence-corrected chi connectivity index (χ2v) is 7.48. The molecule has 0 saturated carbocycles. The van der Waals surface area contributed by atoms with Crippen molar-refractivity contribution in [3.05, 3.63) is 42.2 Å². The molecule has 9 heteroatoms. The molecule has 0 saturated heterocycles. The smallest absolute Gasteiger partial charge is 0.331 e. The first-order valence-corrected chi connectivity index (χ1v) is 9.36. The Kier molecular flexibility index (Phi) is 6.62. The summed E-state index contributed by atoms with van der Waals surface area (Å²) in [5.74, 6) is -1.27. The molecular weight excluding hydrogens is 368 g/mol. The zero-order valence-corrected chi connectivity index (χ0v) is 16.2. The number of nitrogens with one attached hydrogen (secondary N) is 2. The molecule has 2 rings (SSSR count). The second kappa shape index (κ2) is 8.72. The van der Waals surface area contributed by atoms with Crippen LogP contribution in [-0.4, -0.2) is 44.2 Å². The van der Waals surface area contributed by atoms with E-state index in [9.17, 15) is 19.5 Å². The molecule has 0 fully saturated rings. The van der Waals surface area contributed by atoms with Crippen molar-refractivity contribution in [2.75, 3.05) is 22.1 Å². The number of carboxylic acid groups (broad SMARTS) is 1. The van der Waals surface area contributed by atoms with E-state index in [0.717, 1.165) is 5.56 Å². The lowest BCUT2D eigenvalue weighted by Crippen LogP contribution is -2.35. The highest BCUT2D eigenvalue weighted by molar-refractivity contribution is 8.00. The lowest BCUT2D eigenvalue weighted by molar-refractivity contribution is -0.146. The third-order valence-electron chi connectivity index (χ3n) is 3.76. The van der Waals surface area contributed by atoms with Gasteiger partial charge in [-0.15, -0.1) is 11.8 Å². The van der Waals surface area contributed by atoms with Crippen LogP contribution in [-0.2, 0) is 19.9 Å². The first-order chi connectivity index (χ1) is 12.7. The van der Waals surface area contributed by atoms with Crippen molar-refractivity contribution in [3.63, 3.8) is 0 Å². The van der Waals surface area contributed by atoms with E-state index >= 15 is 0 Å². The number of nitrogens with zero attached hydrogens (tertiary/aromatic N) is 2. The third kappa shape index (κ3) is 5.85. The molecule has 2 aromatic rings. The first-order valence-electron chi connectivity index (χ1n) is 8.21. The topological polar surface area (TPSA) is 113 Å². The Bertz CT molecular complexity index is 830. The van der Waals surface area contributed by atoms with E-state index in [0.29, 0.717) is 11.4 Å². The molecule has 0 atom stereocenters. The highest BCUT2D eigenvalue weighted by Crippen LogP contribution is 2.17. The number of benzene rings is 1. The zero-order chi connectivity index (χ0) is 20.0. The number of carbonyl (C=O) groups is 3.